The van der Waals surface area contributed by atoms with Crippen LogP contribution >= 0.6 is 0 Å². The summed E-state index contributed by atoms with van der Waals surface area (Å²) in [5.74, 6) is 0.663. The number of sulfone groups is 2. The molecule has 148 valence electrons. The Hall–Kier alpha value is -1.08. The van der Waals surface area contributed by atoms with Gasteiger partial charge in [-0.1, -0.05) is 27.2 Å². The molecule has 1 aromatic carbocycles. The third-order valence-electron chi connectivity index (χ3n) is 5.33. The molecule has 2 rings (SSSR count). The van der Waals surface area contributed by atoms with Crippen LogP contribution in [-0.4, -0.2) is 35.4 Å². The van der Waals surface area contributed by atoms with Crippen molar-refractivity contribution in [2.24, 2.45) is 11.3 Å². The van der Waals surface area contributed by atoms with Gasteiger partial charge >= 0.3 is 0 Å². The number of hydrogen-bond donors (Lipinski definition) is 1. The minimum atomic E-state index is -3.54. The Kier molecular flexibility index (Phi) is 6.13. The number of benzene rings is 1. The Morgan fingerprint density at radius 1 is 0.923 bits per heavy atom. The van der Waals surface area contributed by atoms with E-state index in [1.165, 1.54) is 18.6 Å². The maximum Gasteiger partial charge on any atom is 0.177 e. The summed E-state index contributed by atoms with van der Waals surface area (Å²) in [6.07, 6.45) is 7.57. The first kappa shape index (κ1) is 21.2. The van der Waals surface area contributed by atoms with Gasteiger partial charge in [0.1, 0.15) is 0 Å². The summed E-state index contributed by atoms with van der Waals surface area (Å²) in [7, 11) is -6.99. The zero-order valence-electron chi connectivity index (χ0n) is 16.4. The lowest BCUT2D eigenvalue weighted by Gasteiger charge is -2.29. The van der Waals surface area contributed by atoms with Crippen LogP contribution in [0.4, 0.5) is 5.69 Å². The van der Waals surface area contributed by atoms with Gasteiger partial charge in [0.15, 0.2) is 19.7 Å². The van der Waals surface area contributed by atoms with E-state index in [0.29, 0.717) is 11.6 Å². The van der Waals surface area contributed by atoms with Gasteiger partial charge in [-0.05, 0) is 55.2 Å². The van der Waals surface area contributed by atoms with E-state index >= 15 is 0 Å². The van der Waals surface area contributed by atoms with E-state index in [0.717, 1.165) is 38.2 Å². The van der Waals surface area contributed by atoms with Gasteiger partial charge < -0.3 is 5.32 Å². The summed E-state index contributed by atoms with van der Waals surface area (Å²) < 4.78 is 47.9. The lowest BCUT2D eigenvalue weighted by atomic mass is 9.76. The molecule has 1 fully saturated rings. The van der Waals surface area contributed by atoms with Gasteiger partial charge in [0.25, 0.3) is 0 Å². The van der Waals surface area contributed by atoms with Crippen LogP contribution in [0.3, 0.4) is 0 Å². The Bertz CT molecular complexity index is 852. The quantitative estimate of drug-likeness (QED) is 0.774. The molecule has 0 radical (unpaired) electrons. The van der Waals surface area contributed by atoms with Crippen molar-refractivity contribution in [3.8, 4) is 0 Å². The molecule has 7 heteroatoms. The van der Waals surface area contributed by atoms with Gasteiger partial charge in [-0.3, -0.25) is 0 Å². The van der Waals surface area contributed by atoms with E-state index in [1.54, 1.807) is 6.07 Å². The fraction of sp³-hybridized carbons (Fsp3) is 0.684. The van der Waals surface area contributed by atoms with Crippen LogP contribution < -0.4 is 5.32 Å². The molecule has 1 aliphatic carbocycles. The molecule has 1 saturated carbocycles. The fourth-order valence-electron chi connectivity index (χ4n) is 3.69. The highest BCUT2D eigenvalue weighted by Gasteiger charge is 2.28. The van der Waals surface area contributed by atoms with Crippen LogP contribution in [0.2, 0.25) is 0 Å². The lowest BCUT2D eigenvalue weighted by molar-refractivity contribution is 0.214. The topological polar surface area (TPSA) is 80.3 Å². The van der Waals surface area contributed by atoms with Gasteiger partial charge in [0.2, 0.25) is 0 Å². The molecule has 2 atom stereocenters. The van der Waals surface area contributed by atoms with E-state index in [9.17, 15) is 16.8 Å². The number of hydrogen-bond acceptors (Lipinski definition) is 5. The number of rotatable bonds is 4. The van der Waals surface area contributed by atoms with Crippen molar-refractivity contribution in [1.82, 2.24) is 0 Å². The molecule has 0 aromatic heterocycles. The van der Waals surface area contributed by atoms with Crippen molar-refractivity contribution in [3.63, 3.8) is 0 Å². The van der Waals surface area contributed by atoms with Crippen LogP contribution in [0.5, 0.6) is 0 Å². The second-order valence-corrected chi connectivity index (χ2v) is 12.6. The maximum absolute atomic E-state index is 12.2. The Morgan fingerprint density at radius 2 is 1.58 bits per heavy atom. The summed E-state index contributed by atoms with van der Waals surface area (Å²) >= 11 is 0. The van der Waals surface area contributed by atoms with Crippen LogP contribution in [0.1, 0.15) is 52.9 Å². The predicted octanol–water partition coefficient (Wildman–Crippen LogP) is 3.90. The summed E-state index contributed by atoms with van der Waals surface area (Å²) in [5.41, 5.74) is 0.781. The van der Waals surface area contributed by atoms with Gasteiger partial charge in [0, 0.05) is 18.6 Å². The van der Waals surface area contributed by atoms with Crippen molar-refractivity contribution in [3.05, 3.63) is 18.2 Å². The summed E-state index contributed by atoms with van der Waals surface area (Å²) in [4.78, 5) is 0.0779. The van der Waals surface area contributed by atoms with E-state index in [2.05, 4.69) is 26.1 Å². The predicted molar refractivity (Wildman–Crippen MR) is 106 cm³/mol. The average Bonchev–Trinajstić information content (AvgIpc) is 2.70. The van der Waals surface area contributed by atoms with Crippen molar-refractivity contribution < 1.29 is 16.8 Å². The van der Waals surface area contributed by atoms with Crippen LogP contribution in [-0.2, 0) is 19.7 Å². The molecule has 0 heterocycles. The summed E-state index contributed by atoms with van der Waals surface area (Å²) in [6, 6.07) is 4.52. The zero-order chi connectivity index (χ0) is 19.8. The first-order chi connectivity index (χ1) is 11.8. The Morgan fingerprint density at radius 3 is 2.12 bits per heavy atom. The highest BCUT2D eigenvalue weighted by molar-refractivity contribution is 7.91. The van der Waals surface area contributed by atoms with Gasteiger partial charge in [-0.2, -0.15) is 0 Å². The molecule has 0 amide bonds. The Labute approximate surface area is 158 Å². The SMILES string of the molecule is CC(C)(C)C1CCCC(Nc2ccc(S(C)(=O)=O)cc2S(C)(=O)=O)CC1. The van der Waals surface area contributed by atoms with Gasteiger partial charge in [0.05, 0.1) is 15.5 Å². The van der Waals surface area contributed by atoms with Crippen LogP contribution in [0, 0.1) is 11.3 Å². The molecule has 0 saturated heterocycles. The second kappa shape index (κ2) is 7.50. The molecule has 0 aliphatic heterocycles. The van der Waals surface area contributed by atoms with Crippen molar-refractivity contribution in [2.75, 3.05) is 17.8 Å². The van der Waals surface area contributed by atoms with Crippen LogP contribution in [0.25, 0.3) is 0 Å². The molecular weight excluding hydrogens is 370 g/mol. The molecular formula is C19H31NO4S2. The molecule has 26 heavy (non-hydrogen) atoms. The van der Waals surface area contributed by atoms with Crippen molar-refractivity contribution in [2.45, 2.75) is 68.7 Å². The van der Waals surface area contributed by atoms with Gasteiger partial charge in [-0.25, -0.2) is 16.8 Å². The second-order valence-electron chi connectivity index (χ2n) is 8.61. The summed E-state index contributed by atoms with van der Waals surface area (Å²) in [6.45, 7) is 6.82. The molecule has 0 bridgehead atoms. The Balaban J connectivity index is 2.27. The van der Waals surface area contributed by atoms with E-state index in [4.69, 9.17) is 0 Å². The van der Waals surface area contributed by atoms with Crippen molar-refractivity contribution >= 4 is 25.4 Å². The normalized spacial score (nSPS) is 22.7. The van der Waals surface area contributed by atoms with E-state index < -0.39 is 19.7 Å². The minimum Gasteiger partial charge on any atom is -0.381 e. The smallest absolute Gasteiger partial charge is 0.177 e. The molecule has 1 N–H and O–H groups in total. The van der Waals surface area contributed by atoms with Gasteiger partial charge in [-0.15, -0.1) is 0 Å². The first-order valence-electron chi connectivity index (χ1n) is 9.09. The largest absolute Gasteiger partial charge is 0.381 e. The number of nitrogens with one attached hydrogen (secondary N) is 1. The standard InChI is InChI=1S/C19H31NO4S2/c1-19(2,3)14-7-6-8-15(10-9-14)20-17-12-11-16(25(4,21)22)13-18(17)26(5,23)24/h11-15,20H,6-10H2,1-5H3. The average molecular weight is 402 g/mol. The number of anilines is 1. The molecule has 1 aromatic rings. The molecule has 2 unspecified atom stereocenters. The highest BCUT2D eigenvalue weighted by atomic mass is 32.2. The lowest BCUT2D eigenvalue weighted by Crippen LogP contribution is -2.22. The molecule has 1 aliphatic rings. The first-order valence-corrected chi connectivity index (χ1v) is 12.9. The third-order valence-corrected chi connectivity index (χ3v) is 7.58. The van der Waals surface area contributed by atoms with E-state index in [-0.39, 0.29) is 21.2 Å². The molecule has 5 nitrogen and oxygen atoms in total. The fourth-order valence-corrected chi connectivity index (χ4v) is 5.28. The highest BCUT2D eigenvalue weighted by Crippen LogP contribution is 2.37. The van der Waals surface area contributed by atoms with E-state index in [1.807, 2.05) is 0 Å². The zero-order valence-corrected chi connectivity index (χ0v) is 18.0. The monoisotopic (exact) mass is 401 g/mol. The minimum absolute atomic E-state index is 0.0251. The van der Waals surface area contributed by atoms with Crippen LogP contribution in [0.15, 0.2) is 28.0 Å². The molecule has 0 spiro atoms. The maximum atomic E-state index is 12.2. The third kappa shape index (κ3) is 5.46. The van der Waals surface area contributed by atoms with Crippen molar-refractivity contribution in [1.29, 1.82) is 0 Å². The summed E-state index contributed by atoms with van der Waals surface area (Å²) in [5, 5.41) is 3.37.